The number of nitrogens with one attached hydrogen (secondary N) is 1. The van der Waals surface area contributed by atoms with Gasteiger partial charge in [0.05, 0.1) is 11.1 Å². The molecule has 1 atom stereocenters. The van der Waals surface area contributed by atoms with Crippen LogP contribution in [0.5, 0.6) is 0 Å². The van der Waals surface area contributed by atoms with Crippen LogP contribution in [0.4, 0.5) is 5.82 Å². The van der Waals surface area contributed by atoms with E-state index in [1.165, 1.54) is 45.3 Å². The van der Waals surface area contributed by atoms with Gasteiger partial charge in [0.1, 0.15) is 12.4 Å². The van der Waals surface area contributed by atoms with Crippen molar-refractivity contribution >= 4 is 23.3 Å². The number of ether oxygens (including phenoxy) is 1. The summed E-state index contributed by atoms with van der Waals surface area (Å²) >= 11 is 5.86. The number of carbonyl (C=O) groups is 1. The number of aromatic nitrogens is 1. The average molecular weight is 393 g/mol. The van der Waals surface area contributed by atoms with Crippen LogP contribution in [0.25, 0.3) is 0 Å². The van der Waals surface area contributed by atoms with Gasteiger partial charge in [-0.1, -0.05) is 11.6 Å². The zero-order valence-electron chi connectivity index (χ0n) is 15.8. The van der Waals surface area contributed by atoms with Gasteiger partial charge >= 0.3 is 0 Å². The SMILES string of the molecule is O=C1CO[C@H](CNc2ccc(Cl)cn2)CN1CC1CCN(CC2CC2)CC1. The number of hydrogen-bond donors (Lipinski definition) is 1. The molecular formula is C20H29ClN4O2. The molecule has 1 N–H and O–H groups in total. The number of nitrogens with zero attached hydrogens (tertiary/aromatic N) is 3. The van der Waals surface area contributed by atoms with Crippen LogP contribution < -0.4 is 5.32 Å². The molecule has 0 radical (unpaired) electrons. The highest BCUT2D eigenvalue weighted by Crippen LogP contribution is 2.31. The lowest BCUT2D eigenvalue weighted by Gasteiger charge is -2.38. The quantitative estimate of drug-likeness (QED) is 0.772. The van der Waals surface area contributed by atoms with E-state index in [9.17, 15) is 4.79 Å². The number of hydrogen-bond acceptors (Lipinski definition) is 5. The Morgan fingerprint density at radius 3 is 2.63 bits per heavy atom. The lowest BCUT2D eigenvalue weighted by atomic mass is 9.95. The van der Waals surface area contributed by atoms with E-state index in [4.69, 9.17) is 16.3 Å². The fourth-order valence-corrected chi connectivity index (χ4v) is 4.12. The van der Waals surface area contributed by atoms with Crippen molar-refractivity contribution in [2.45, 2.75) is 31.8 Å². The van der Waals surface area contributed by atoms with E-state index in [2.05, 4.69) is 15.2 Å². The van der Waals surface area contributed by atoms with E-state index in [-0.39, 0.29) is 18.6 Å². The monoisotopic (exact) mass is 392 g/mol. The largest absolute Gasteiger partial charge is 0.367 e. The molecule has 148 valence electrons. The smallest absolute Gasteiger partial charge is 0.248 e. The average Bonchev–Trinajstić information content (AvgIpc) is 3.49. The minimum atomic E-state index is -0.00451. The van der Waals surface area contributed by atoms with Crippen LogP contribution in [0.2, 0.25) is 5.02 Å². The molecule has 4 rings (SSSR count). The summed E-state index contributed by atoms with van der Waals surface area (Å²) in [5, 5.41) is 3.89. The maximum atomic E-state index is 12.3. The van der Waals surface area contributed by atoms with Crippen LogP contribution >= 0.6 is 11.6 Å². The first-order valence-corrected chi connectivity index (χ1v) is 10.5. The van der Waals surface area contributed by atoms with E-state index < -0.39 is 0 Å². The Bertz CT molecular complexity index is 629. The van der Waals surface area contributed by atoms with Crippen molar-refractivity contribution < 1.29 is 9.53 Å². The highest BCUT2D eigenvalue weighted by atomic mass is 35.5. The summed E-state index contributed by atoms with van der Waals surface area (Å²) in [6.07, 6.45) is 6.86. The number of amides is 1. The fourth-order valence-electron chi connectivity index (χ4n) is 4.01. The molecule has 1 amide bonds. The molecule has 3 fully saturated rings. The summed E-state index contributed by atoms with van der Waals surface area (Å²) in [6.45, 7) is 6.01. The first-order valence-electron chi connectivity index (χ1n) is 10.1. The summed E-state index contributed by atoms with van der Waals surface area (Å²) in [4.78, 5) is 21.1. The summed E-state index contributed by atoms with van der Waals surface area (Å²) < 4.78 is 5.71. The molecule has 1 aliphatic carbocycles. The number of likely N-dealkylation sites (tertiary alicyclic amines) is 1. The third-order valence-electron chi connectivity index (χ3n) is 5.86. The predicted octanol–water partition coefficient (Wildman–Crippen LogP) is 2.50. The van der Waals surface area contributed by atoms with Crippen molar-refractivity contribution in [3.8, 4) is 0 Å². The van der Waals surface area contributed by atoms with Crippen LogP contribution in [0.15, 0.2) is 18.3 Å². The summed E-state index contributed by atoms with van der Waals surface area (Å²) in [6, 6.07) is 3.66. The van der Waals surface area contributed by atoms with E-state index in [0.29, 0.717) is 24.0 Å². The molecule has 0 aromatic carbocycles. The second kappa shape index (κ2) is 8.76. The Morgan fingerprint density at radius 1 is 1.15 bits per heavy atom. The molecule has 3 aliphatic rings. The minimum Gasteiger partial charge on any atom is -0.367 e. The Balaban J connectivity index is 1.21. The molecule has 2 aliphatic heterocycles. The second-order valence-corrected chi connectivity index (χ2v) is 8.60. The van der Waals surface area contributed by atoms with Crippen molar-refractivity contribution in [3.05, 3.63) is 23.4 Å². The maximum Gasteiger partial charge on any atom is 0.248 e. The molecular weight excluding hydrogens is 364 g/mol. The molecule has 6 nitrogen and oxygen atoms in total. The first-order chi connectivity index (χ1) is 13.2. The Kier molecular flexibility index (Phi) is 6.15. The number of pyridine rings is 1. The lowest BCUT2D eigenvalue weighted by molar-refractivity contribution is -0.149. The molecule has 0 bridgehead atoms. The number of piperidine rings is 1. The Morgan fingerprint density at radius 2 is 1.93 bits per heavy atom. The standard InChI is InChI=1S/C20H29ClN4O2/c21-17-3-4-19(22-9-17)23-10-18-13-25(20(26)14-27-18)12-16-5-7-24(8-6-16)11-15-1-2-15/h3-4,9,15-16,18H,1-2,5-8,10-14H2,(H,22,23)/t18-/m1/s1. The van der Waals surface area contributed by atoms with Crippen LogP contribution in [0.3, 0.4) is 0 Å². The third-order valence-corrected chi connectivity index (χ3v) is 6.08. The minimum absolute atomic E-state index is 0.00451. The molecule has 3 heterocycles. The topological polar surface area (TPSA) is 57.7 Å². The van der Waals surface area contributed by atoms with Crippen LogP contribution in [-0.4, -0.2) is 72.7 Å². The van der Waals surface area contributed by atoms with Crippen LogP contribution in [0, 0.1) is 11.8 Å². The second-order valence-electron chi connectivity index (χ2n) is 8.16. The first kappa shape index (κ1) is 19.0. The van der Waals surface area contributed by atoms with E-state index >= 15 is 0 Å². The lowest BCUT2D eigenvalue weighted by Crippen LogP contribution is -2.51. The molecule has 27 heavy (non-hydrogen) atoms. The summed E-state index contributed by atoms with van der Waals surface area (Å²) in [5.74, 6) is 2.48. The van der Waals surface area contributed by atoms with Crippen LogP contribution in [-0.2, 0) is 9.53 Å². The molecule has 1 aromatic heterocycles. The number of halogens is 1. The highest BCUT2D eigenvalue weighted by molar-refractivity contribution is 6.30. The number of anilines is 1. The highest BCUT2D eigenvalue weighted by Gasteiger charge is 2.31. The molecule has 1 aromatic rings. The number of morpholine rings is 1. The number of carbonyl (C=O) groups excluding carboxylic acids is 1. The van der Waals surface area contributed by atoms with Gasteiger partial charge in [-0.05, 0) is 62.7 Å². The van der Waals surface area contributed by atoms with Gasteiger partial charge in [0.2, 0.25) is 5.91 Å². The van der Waals surface area contributed by atoms with Gasteiger partial charge in [0.25, 0.3) is 0 Å². The van der Waals surface area contributed by atoms with E-state index in [0.717, 1.165) is 18.3 Å². The zero-order chi connectivity index (χ0) is 18.6. The molecule has 0 unspecified atom stereocenters. The third kappa shape index (κ3) is 5.56. The normalized spacial score (nSPS) is 25.0. The van der Waals surface area contributed by atoms with Crippen LogP contribution in [0.1, 0.15) is 25.7 Å². The van der Waals surface area contributed by atoms with Crippen molar-refractivity contribution in [2.75, 3.05) is 51.2 Å². The Labute approximate surface area is 166 Å². The van der Waals surface area contributed by atoms with Gasteiger partial charge in [0.15, 0.2) is 0 Å². The molecule has 2 saturated heterocycles. The summed E-state index contributed by atoms with van der Waals surface area (Å²) in [7, 11) is 0. The Hall–Kier alpha value is -1.37. The summed E-state index contributed by atoms with van der Waals surface area (Å²) in [5.41, 5.74) is 0. The van der Waals surface area contributed by atoms with E-state index in [1.54, 1.807) is 6.20 Å². The molecule has 1 saturated carbocycles. The van der Waals surface area contributed by atoms with Crippen molar-refractivity contribution in [2.24, 2.45) is 11.8 Å². The zero-order valence-corrected chi connectivity index (χ0v) is 16.5. The predicted molar refractivity (Wildman–Crippen MR) is 106 cm³/mol. The maximum absolute atomic E-state index is 12.3. The van der Waals surface area contributed by atoms with Gasteiger partial charge in [-0.3, -0.25) is 4.79 Å². The van der Waals surface area contributed by atoms with Gasteiger partial charge < -0.3 is 19.9 Å². The van der Waals surface area contributed by atoms with Gasteiger partial charge in [0, 0.05) is 32.4 Å². The molecule has 0 spiro atoms. The molecule has 7 heteroatoms. The van der Waals surface area contributed by atoms with Crippen molar-refractivity contribution in [1.82, 2.24) is 14.8 Å². The van der Waals surface area contributed by atoms with E-state index in [1.807, 2.05) is 17.0 Å². The van der Waals surface area contributed by atoms with Gasteiger partial charge in [-0.2, -0.15) is 0 Å². The van der Waals surface area contributed by atoms with Gasteiger partial charge in [-0.15, -0.1) is 0 Å². The number of rotatable bonds is 7. The fraction of sp³-hybridized carbons (Fsp3) is 0.700. The van der Waals surface area contributed by atoms with Gasteiger partial charge in [-0.25, -0.2) is 4.98 Å². The van der Waals surface area contributed by atoms with Crippen molar-refractivity contribution in [1.29, 1.82) is 0 Å². The van der Waals surface area contributed by atoms with Crippen molar-refractivity contribution in [3.63, 3.8) is 0 Å².